The Hall–Kier alpha value is -0.830. The number of aliphatic hydroxyl groups is 1. The molecule has 0 saturated carbocycles. The van der Waals surface area contributed by atoms with Crippen LogP contribution in [0.5, 0.6) is 0 Å². The first-order chi connectivity index (χ1) is 6.26. The largest absolute Gasteiger partial charge is 0.395 e. The van der Waals surface area contributed by atoms with Gasteiger partial charge in [0, 0.05) is 19.5 Å². The molecule has 0 rings (SSSR count). The summed E-state index contributed by atoms with van der Waals surface area (Å²) in [6.45, 7) is 6.81. The van der Waals surface area contributed by atoms with Crippen LogP contribution in [-0.2, 0) is 4.79 Å². The predicted octanol–water partition coefficient (Wildman–Crippen LogP) is 1.18. The van der Waals surface area contributed by atoms with Crippen molar-refractivity contribution in [3.63, 3.8) is 0 Å². The Kier molecular flexibility index (Phi) is 7.30. The summed E-state index contributed by atoms with van der Waals surface area (Å²) in [5, 5.41) is 8.72. The average molecular weight is 185 g/mol. The molecule has 0 aromatic rings. The molecule has 0 radical (unpaired) electrons. The van der Waals surface area contributed by atoms with Crippen LogP contribution in [0.2, 0.25) is 0 Å². The molecule has 0 aliphatic rings. The van der Waals surface area contributed by atoms with Gasteiger partial charge in [0.15, 0.2) is 0 Å². The number of rotatable bonds is 7. The topological polar surface area (TPSA) is 40.5 Å². The van der Waals surface area contributed by atoms with Crippen molar-refractivity contribution >= 4 is 5.91 Å². The smallest absolute Gasteiger partial charge is 0.222 e. The van der Waals surface area contributed by atoms with E-state index in [1.54, 1.807) is 11.0 Å². The van der Waals surface area contributed by atoms with Crippen molar-refractivity contribution < 1.29 is 9.90 Å². The number of amides is 1. The third-order valence-corrected chi connectivity index (χ3v) is 1.78. The molecule has 0 aromatic carbocycles. The lowest BCUT2D eigenvalue weighted by molar-refractivity contribution is -0.131. The number of carbonyl (C=O) groups excluding carboxylic acids is 1. The van der Waals surface area contributed by atoms with Gasteiger partial charge in [0.05, 0.1) is 6.61 Å². The van der Waals surface area contributed by atoms with Crippen LogP contribution in [0.15, 0.2) is 12.7 Å². The minimum Gasteiger partial charge on any atom is -0.395 e. The maximum absolute atomic E-state index is 11.4. The number of hydrogen-bond donors (Lipinski definition) is 1. The van der Waals surface area contributed by atoms with Crippen molar-refractivity contribution in [2.24, 2.45) is 0 Å². The molecule has 1 N–H and O–H groups in total. The Labute approximate surface area is 80.0 Å². The van der Waals surface area contributed by atoms with Crippen LogP contribution < -0.4 is 0 Å². The normalized spacial score (nSPS) is 9.69. The second-order valence-corrected chi connectivity index (χ2v) is 2.93. The van der Waals surface area contributed by atoms with Crippen molar-refractivity contribution in [2.45, 2.75) is 26.2 Å². The van der Waals surface area contributed by atoms with E-state index < -0.39 is 0 Å². The quantitative estimate of drug-likeness (QED) is 0.605. The molecule has 3 nitrogen and oxygen atoms in total. The zero-order valence-corrected chi connectivity index (χ0v) is 8.33. The summed E-state index contributed by atoms with van der Waals surface area (Å²) in [4.78, 5) is 13.1. The van der Waals surface area contributed by atoms with Gasteiger partial charge in [-0.1, -0.05) is 13.0 Å². The fraction of sp³-hybridized carbons (Fsp3) is 0.700. The van der Waals surface area contributed by atoms with Gasteiger partial charge in [-0.05, 0) is 12.8 Å². The minimum absolute atomic E-state index is 0.0415. The highest BCUT2D eigenvalue weighted by atomic mass is 16.3. The highest BCUT2D eigenvalue weighted by molar-refractivity contribution is 5.76. The van der Waals surface area contributed by atoms with Gasteiger partial charge in [-0.25, -0.2) is 0 Å². The molecule has 1 amide bonds. The van der Waals surface area contributed by atoms with E-state index in [-0.39, 0.29) is 12.5 Å². The van der Waals surface area contributed by atoms with Crippen LogP contribution in [0.25, 0.3) is 0 Å². The SMILES string of the molecule is C=CCCC(=O)N(CCC)CCO. The van der Waals surface area contributed by atoms with Gasteiger partial charge in [-0.15, -0.1) is 6.58 Å². The lowest BCUT2D eigenvalue weighted by atomic mass is 10.2. The molecule has 0 heterocycles. The number of nitrogens with zero attached hydrogens (tertiary/aromatic N) is 1. The molecule has 0 unspecified atom stereocenters. The first kappa shape index (κ1) is 12.2. The predicted molar refractivity (Wildman–Crippen MR) is 53.4 cm³/mol. The van der Waals surface area contributed by atoms with Crippen LogP contribution >= 0.6 is 0 Å². The molecular formula is C10H19NO2. The lowest BCUT2D eigenvalue weighted by Crippen LogP contribution is -2.33. The summed E-state index contributed by atoms with van der Waals surface area (Å²) in [5.74, 6) is 0.107. The summed E-state index contributed by atoms with van der Waals surface area (Å²) >= 11 is 0. The molecule has 0 saturated heterocycles. The fourth-order valence-electron chi connectivity index (χ4n) is 1.14. The summed E-state index contributed by atoms with van der Waals surface area (Å²) in [6, 6.07) is 0. The van der Waals surface area contributed by atoms with Gasteiger partial charge in [-0.2, -0.15) is 0 Å². The van der Waals surface area contributed by atoms with E-state index >= 15 is 0 Å². The second-order valence-electron chi connectivity index (χ2n) is 2.93. The Morgan fingerprint density at radius 1 is 1.54 bits per heavy atom. The molecule has 0 aliphatic heterocycles. The number of carbonyl (C=O) groups is 1. The summed E-state index contributed by atoms with van der Waals surface area (Å²) in [7, 11) is 0. The Morgan fingerprint density at radius 2 is 2.23 bits per heavy atom. The van der Waals surface area contributed by atoms with E-state index in [1.807, 2.05) is 6.92 Å². The van der Waals surface area contributed by atoms with E-state index in [2.05, 4.69) is 6.58 Å². The second kappa shape index (κ2) is 7.80. The first-order valence-electron chi connectivity index (χ1n) is 4.75. The molecule has 3 heteroatoms. The van der Waals surface area contributed by atoms with E-state index in [4.69, 9.17) is 5.11 Å². The summed E-state index contributed by atoms with van der Waals surface area (Å²) in [6.07, 6.45) is 3.88. The molecule has 0 aliphatic carbocycles. The molecule has 0 atom stereocenters. The molecule has 0 aromatic heterocycles. The van der Waals surface area contributed by atoms with Gasteiger partial charge in [0.2, 0.25) is 5.91 Å². The van der Waals surface area contributed by atoms with Crippen LogP contribution in [0, 0.1) is 0 Å². The van der Waals surface area contributed by atoms with Crippen LogP contribution in [0.3, 0.4) is 0 Å². The third-order valence-electron chi connectivity index (χ3n) is 1.78. The van der Waals surface area contributed by atoms with Gasteiger partial charge >= 0.3 is 0 Å². The van der Waals surface area contributed by atoms with Gasteiger partial charge in [0.25, 0.3) is 0 Å². The number of allylic oxidation sites excluding steroid dienone is 1. The first-order valence-corrected chi connectivity index (χ1v) is 4.75. The highest BCUT2D eigenvalue weighted by Gasteiger charge is 2.09. The van der Waals surface area contributed by atoms with Gasteiger partial charge in [-0.3, -0.25) is 4.79 Å². The van der Waals surface area contributed by atoms with E-state index in [0.29, 0.717) is 19.4 Å². The van der Waals surface area contributed by atoms with Crippen LogP contribution in [0.1, 0.15) is 26.2 Å². The van der Waals surface area contributed by atoms with E-state index in [1.165, 1.54) is 0 Å². The lowest BCUT2D eigenvalue weighted by Gasteiger charge is -2.20. The zero-order chi connectivity index (χ0) is 10.1. The average Bonchev–Trinajstić information content (AvgIpc) is 2.14. The summed E-state index contributed by atoms with van der Waals surface area (Å²) < 4.78 is 0. The minimum atomic E-state index is 0.0415. The third kappa shape index (κ3) is 5.42. The summed E-state index contributed by atoms with van der Waals surface area (Å²) in [5.41, 5.74) is 0. The molecule has 0 bridgehead atoms. The molecule has 0 spiro atoms. The number of hydrogen-bond acceptors (Lipinski definition) is 2. The zero-order valence-electron chi connectivity index (χ0n) is 8.33. The highest BCUT2D eigenvalue weighted by Crippen LogP contribution is 1.99. The Morgan fingerprint density at radius 3 is 2.69 bits per heavy atom. The van der Waals surface area contributed by atoms with Crippen LogP contribution in [0.4, 0.5) is 0 Å². The monoisotopic (exact) mass is 185 g/mol. The van der Waals surface area contributed by atoms with Crippen molar-refractivity contribution in [3.8, 4) is 0 Å². The standard InChI is InChI=1S/C10H19NO2/c1-3-5-6-10(13)11(7-4-2)8-9-12/h3,12H,1,4-9H2,2H3. The Bertz CT molecular complexity index is 151. The van der Waals surface area contributed by atoms with Crippen LogP contribution in [-0.4, -0.2) is 35.6 Å². The number of aliphatic hydroxyl groups excluding tert-OH is 1. The van der Waals surface area contributed by atoms with E-state index in [0.717, 1.165) is 13.0 Å². The van der Waals surface area contributed by atoms with E-state index in [9.17, 15) is 4.79 Å². The maximum atomic E-state index is 11.4. The van der Waals surface area contributed by atoms with Crippen molar-refractivity contribution in [3.05, 3.63) is 12.7 Å². The molecule has 76 valence electrons. The van der Waals surface area contributed by atoms with Gasteiger partial charge < -0.3 is 10.0 Å². The molecule has 13 heavy (non-hydrogen) atoms. The Balaban J connectivity index is 3.86. The maximum Gasteiger partial charge on any atom is 0.222 e. The van der Waals surface area contributed by atoms with Crippen molar-refractivity contribution in [1.29, 1.82) is 0 Å². The fourth-order valence-corrected chi connectivity index (χ4v) is 1.14. The molecular weight excluding hydrogens is 166 g/mol. The van der Waals surface area contributed by atoms with Crippen molar-refractivity contribution in [2.75, 3.05) is 19.7 Å². The van der Waals surface area contributed by atoms with Crippen molar-refractivity contribution in [1.82, 2.24) is 4.90 Å². The molecule has 0 fully saturated rings. The van der Waals surface area contributed by atoms with Gasteiger partial charge in [0.1, 0.15) is 0 Å².